The second-order valence-electron chi connectivity index (χ2n) is 8.37. The van der Waals surface area contributed by atoms with E-state index < -0.39 is 0 Å². The molecule has 5 unspecified atom stereocenters. The van der Waals surface area contributed by atoms with Crippen LogP contribution in [0.3, 0.4) is 0 Å². The van der Waals surface area contributed by atoms with Crippen LogP contribution in [0.4, 0.5) is 5.69 Å². The number of para-hydroxylation sites is 1. The van der Waals surface area contributed by atoms with E-state index in [4.69, 9.17) is 0 Å². The third-order valence-corrected chi connectivity index (χ3v) is 9.54. The zero-order valence-electron chi connectivity index (χ0n) is 16.0. The van der Waals surface area contributed by atoms with E-state index >= 15 is 0 Å². The van der Waals surface area contributed by atoms with E-state index in [2.05, 4.69) is 82.7 Å². The zero-order valence-corrected chi connectivity index (χ0v) is 17.6. The van der Waals surface area contributed by atoms with Gasteiger partial charge in [0.2, 0.25) is 0 Å². The third kappa shape index (κ3) is 2.88. The quantitative estimate of drug-likeness (QED) is 0.648. The first-order valence-corrected chi connectivity index (χ1v) is 12.3. The molecule has 6 rings (SSSR count). The fraction of sp³-hybridized carbons (Fsp3) is 0.417. The highest BCUT2D eigenvalue weighted by molar-refractivity contribution is 8.03. The van der Waals surface area contributed by atoms with Gasteiger partial charge in [-0.1, -0.05) is 42.5 Å². The molecule has 1 N–H and O–H groups in total. The summed E-state index contributed by atoms with van der Waals surface area (Å²) in [5.41, 5.74) is 2.86. The van der Waals surface area contributed by atoms with Crippen LogP contribution in [0.1, 0.15) is 32.1 Å². The average molecular weight is 407 g/mol. The predicted molar refractivity (Wildman–Crippen MR) is 122 cm³/mol. The van der Waals surface area contributed by atoms with Gasteiger partial charge in [-0.3, -0.25) is 0 Å². The number of hydrogen-bond donors (Lipinski definition) is 1. The topological polar surface area (TPSA) is 15.3 Å². The molecule has 1 fully saturated rings. The van der Waals surface area contributed by atoms with Crippen LogP contribution in [0.15, 0.2) is 76.2 Å². The molecule has 1 aromatic rings. The number of hydrogen-bond acceptors (Lipinski definition) is 4. The maximum atomic E-state index is 3.88. The second kappa shape index (κ2) is 7.07. The Morgan fingerprint density at radius 3 is 2.96 bits per heavy atom. The largest absolute Gasteiger partial charge is 0.381 e. The van der Waals surface area contributed by atoms with Gasteiger partial charge in [0.15, 0.2) is 0 Å². The normalized spacial score (nSPS) is 35.6. The monoisotopic (exact) mass is 406 g/mol. The molecule has 5 aliphatic rings. The van der Waals surface area contributed by atoms with Gasteiger partial charge in [-0.15, -0.1) is 23.5 Å². The lowest BCUT2D eigenvalue weighted by Gasteiger charge is -2.50. The molecule has 5 atom stereocenters. The van der Waals surface area contributed by atoms with Gasteiger partial charge in [-0.2, -0.15) is 0 Å². The summed E-state index contributed by atoms with van der Waals surface area (Å²) >= 11 is 4.21. The maximum absolute atomic E-state index is 3.88. The molecule has 1 aromatic carbocycles. The summed E-state index contributed by atoms with van der Waals surface area (Å²) in [6, 6.07) is 10.8. The number of nitrogens with one attached hydrogen (secondary N) is 1. The van der Waals surface area contributed by atoms with Crippen molar-refractivity contribution < 1.29 is 0 Å². The summed E-state index contributed by atoms with van der Waals surface area (Å²) in [7, 11) is 0. The summed E-state index contributed by atoms with van der Waals surface area (Å²) in [6.07, 6.45) is 20.2. The highest BCUT2D eigenvalue weighted by atomic mass is 32.2. The minimum Gasteiger partial charge on any atom is -0.381 e. The average Bonchev–Trinajstić information content (AvgIpc) is 2.75. The van der Waals surface area contributed by atoms with Crippen LogP contribution in [0.2, 0.25) is 0 Å². The predicted octanol–water partition coefficient (Wildman–Crippen LogP) is 5.65. The Bertz CT molecular complexity index is 900. The highest BCUT2D eigenvalue weighted by Crippen LogP contribution is 2.48. The molecule has 0 aromatic heterocycles. The molecule has 0 amide bonds. The fourth-order valence-corrected chi connectivity index (χ4v) is 8.20. The first kappa shape index (κ1) is 17.3. The molecular formula is C24H26N2S2. The van der Waals surface area contributed by atoms with Gasteiger partial charge in [-0.25, -0.2) is 0 Å². The first-order valence-electron chi connectivity index (χ1n) is 10.6. The molecule has 4 heteroatoms. The lowest BCUT2D eigenvalue weighted by atomic mass is 9.87. The van der Waals surface area contributed by atoms with Gasteiger partial charge in [0.05, 0.1) is 17.0 Å². The van der Waals surface area contributed by atoms with E-state index in [1.165, 1.54) is 48.4 Å². The van der Waals surface area contributed by atoms with E-state index in [1.807, 2.05) is 11.8 Å². The molecular weight excluding hydrogens is 380 g/mol. The van der Waals surface area contributed by atoms with Gasteiger partial charge in [0, 0.05) is 32.8 Å². The lowest BCUT2D eigenvalue weighted by Crippen LogP contribution is -2.55. The van der Waals surface area contributed by atoms with Crippen LogP contribution >= 0.6 is 23.5 Å². The van der Waals surface area contributed by atoms with E-state index in [1.54, 1.807) is 4.91 Å². The lowest BCUT2D eigenvalue weighted by molar-refractivity contribution is 0.345. The van der Waals surface area contributed by atoms with Crippen molar-refractivity contribution in [2.45, 2.75) is 65.6 Å². The third-order valence-electron chi connectivity index (χ3n) is 6.70. The van der Waals surface area contributed by atoms with Gasteiger partial charge in [0.25, 0.3) is 0 Å². The summed E-state index contributed by atoms with van der Waals surface area (Å²) in [5, 5.41) is 5.12. The SMILES string of the molecule is C1=CC2Sc3ccccc3N(C3CCC4NC5=C(CCC=C5)SC4C3)C2C=C1. The van der Waals surface area contributed by atoms with Crippen LogP contribution in [-0.4, -0.2) is 28.6 Å². The molecule has 3 aliphatic carbocycles. The van der Waals surface area contributed by atoms with Crippen LogP contribution in [0.25, 0.3) is 0 Å². The Labute approximate surface area is 176 Å². The Morgan fingerprint density at radius 1 is 1.04 bits per heavy atom. The molecule has 2 nitrogen and oxygen atoms in total. The number of thioether (sulfide) groups is 2. The number of allylic oxidation sites excluding steroid dienone is 5. The molecule has 0 bridgehead atoms. The first-order chi connectivity index (χ1) is 13.9. The van der Waals surface area contributed by atoms with Crippen molar-refractivity contribution in [1.82, 2.24) is 5.32 Å². The standard InChI is InChI=1S/C24H26N2S2/c1-4-10-21-17(7-1)25-18-14-13-16(15-24(18)27-21)26-19-8-2-5-11-22(19)28-23-12-6-3-9-20(23)26/h1-3,5-9,11-12,16,18-19,22,24-25H,4,10,13-15H2. The van der Waals surface area contributed by atoms with Gasteiger partial charge >= 0.3 is 0 Å². The minimum absolute atomic E-state index is 0.486. The van der Waals surface area contributed by atoms with Crippen molar-refractivity contribution in [3.8, 4) is 0 Å². The molecule has 1 saturated carbocycles. The number of anilines is 1. The van der Waals surface area contributed by atoms with Gasteiger partial charge in [0.1, 0.15) is 0 Å². The van der Waals surface area contributed by atoms with Crippen molar-refractivity contribution in [2.75, 3.05) is 4.90 Å². The molecule has 2 aliphatic heterocycles. The molecule has 144 valence electrons. The Morgan fingerprint density at radius 2 is 1.96 bits per heavy atom. The zero-order chi connectivity index (χ0) is 18.5. The molecule has 0 saturated heterocycles. The number of fused-ring (bicyclic) bond motifs is 3. The van der Waals surface area contributed by atoms with E-state index in [0.29, 0.717) is 28.6 Å². The molecule has 28 heavy (non-hydrogen) atoms. The number of benzene rings is 1. The van der Waals surface area contributed by atoms with Crippen LogP contribution in [0, 0.1) is 0 Å². The smallest absolute Gasteiger partial charge is 0.0637 e. The molecule has 0 spiro atoms. The van der Waals surface area contributed by atoms with Crippen LogP contribution in [0.5, 0.6) is 0 Å². The van der Waals surface area contributed by atoms with Gasteiger partial charge < -0.3 is 10.2 Å². The molecule has 0 radical (unpaired) electrons. The summed E-state index contributed by atoms with van der Waals surface area (Å²) in [6.45, 7) is 0. The van der Waals surface area contributed by atoms with E-state index in [0.717, 1.165) is 0 Å². The van der Waals surface area contributed by atoms with Crippen molar-refractivity contribution in [3.05, 3.63) is 71.3 Å². The van der Waals surface area contributed by atoms with Crippen molar-refractivity contribution in [2.24, 2.45) is 0 Å². The highest BCUT2D eigenvalue weighted by Gasteiger charge is 2.42. The second-order valence-corrected chi connectivity index (χ2v) is 10.9. The number of rotatable bonds is 1. The van der Waals surface area contributed by atoms with Crippen LogP contribution < -0.4 is 10.2 Å². The summed E-state index contributed by atoms with van der Waals surface area (Å²) in [4.78, 5) is 5.82. The van der Waals surface area contributed by atoms with E-state index in [9.17, 15) is 0 Å². The van der Waals surface area contributed by atoms with Crippen LogP contribution in [-0.2, 0) is 0 Å². The van der Waals surface area contributed by atoms with Crippen molar-refractivity contribution in [3.63, 3.8) is 0 Å². The van der Waals surface area contributed by atoms with E-state index in [-0.39, 0.29) is 0 Å². The summed E-state index contributed by atoms with van der Waals surface area (Å²) < 4.78 is 0. The maximum Gasteiger partial charge on any atom is 0.0637 e. The van der Waals surface area contributed by atoms with Crippen molar-refractivity contribution >= 4 is 29.2 Å². The van der Waals surface area contributed by atoms with Gasteiger partial charge in [-0.05, 0) is 50.3 Å². The Kier molecular flexibility index (Phi) is 4.38. The fourth-order valence-electron chi connectivity index (χ4n) is 5.39. The molecule has 2 heterocycles. The minimum atomic E-state index is 0.486. The Balaban J connectivity index is 1.31. The Hall–Kier alpha value is -1.52. The summed E-state index contributed by atoms with van der Waals surface area (Å²) in [5.74, 6) is 0. The number of nitrogens with zero attached hydrogens (tertiary/aromatic N) is 1. The van der Waals surface area contributed by atoms with Crippen molar-refractivity contribution in [1.29, 1.82) is 0 Å².